The fraction of sp³-hybridized carbons (Fsp3) is 0.800. The molecule has 0 aliphatic heterocycles. The number of carbonyl (C=O) groups excluding carboxylic acids is 3. The number of amides is 3. The first kappa shape index (κ1) is 23.2. The summed E-state index contributed by atoms with van der Waals surface area (Å²) < 4.78 is 0. The molecule has 0 aliphatic carbocycles. The molecule has 0 aromatic heterocycles. The molecule has 0 heterocycles. The molecule has 0 rings (SSSR count). The highest BCUT2D eigenvalue weighted by Crippen LogP contribution is 1.94. The van der Waals surface area contributed by atoms with Crippen molar-refractivity contribution in [2.75, 3.05) is 58.9 Å². The Kier molecular flexibility index (Phi) is 13.6. The van der Waals surface area contributed by atoms with Gasteiger partial charge in [0.15, 0.2) is 0 Å². The predicted octanol–water partition coefficient (Wildman–Crippen LogP) is -3.24. The van der Waals surface area contributed by atoms with Crippen molar-refractivity contribution < 1.29 is 14.4 Å². The highest BCUT2D eigenvalue weighted by atomic mass is 16.1. The van der Waals surface area contributed by atoms with Crippen molar-refractivity contribution in [2.24, 2.45) is 22.9 Å². The predicted molar refractivity (Wildman–Crippen MR) is 96.2 cm³/mol. The van der Waals surface area contributed by atoms with Crippen molar-refractivity contribution in [3.63, 3.8) is 0 Å². The third-order valence-electron chi connectivity index (χ3n) is 3.68. The summed E-state index contributed by atoms with van der Waals surface area (Å²) in [5.41, 5.74) is 21.0. The highest BCUT2D eigenvalue weighted by molar-refractivity contribution is 5.74. The third kappa shape index (κ3) is 15.5. The summed E-state index contributed by atoms with van der Waals surface area (Å²) in [5, 5.41) is 3.29. The van der Waals surface area contributed by atoms with E-state index in [2.05, 4.69) is 10.2 Å². The van der Waals surface area contributed by atoms with Gasteiger partial charge >= 0.3 is 0 Å². The standard InChI is InChI=1S/C15H33N7O3/c16-4-10-22(9-3-15(19)25)12-6-20-5-11-21(7-1-13(17)23)8-2-14(18)24/h20H,1-12,16H2,(H2,17,23)(H2,18,24)(H2,19,25). The van der Waals surface area contributed by atoms with Crippen LogP contribution in [0.4, 0.5) is 0 Å². The molecule has 0 bridgehead atoms. The van der Waals surface area contributed by atoms with Crippen LogP contribution in [0.25, 0.3) is 0 Å². The molecule has 9 N–H and O–H groups in total. The van der Waals surface area contributed by atoms with Crippen LogP contribution >= 0.6 is 0 Å². The second kappa shape index (κ2) is 14.6. The molecule has 10 heteroatoms. The lowest BCUT2D eigenvalue weighted by Gasteiger charge is -2.23. The Hall–Kier alpha value is -1.75. The van der Waals surface area contributed by atoms with Crippen LogP contribution in [-0.2, 0) is 14.4 Å². The molecule has 0 spiro atoms. The highest BCUT2D eigenvalue weighted by Gasteiger charge is 2.09. The Morgan fingerprint density at radius 1 is 0.640 bits per heavy atom. The van der Waals surface area contributed by atoms with Gasteiger partial charge in [-0.25, -0.2) is 0 Å². The number of hydrogen-bond acceptors (Lipinski definition) is 7. The average Bonchev–Trinajstić information content (AvgIpc) is 2.53. The number of nitrogens with zero attached hydrogens (tertiary/aromatic N) is 2. The zero-order valence-electron chi connectivity index (χ0n) is 14.9. The van der Waals surface area contributed by atoms with E-state index < -0.39 is 0 Å². The Balaban J connectivity index is 4.04. The number of nitrogens with two attached hydrogens (primary N) is 4. The molecule has 3 amide bonds. The summed E-state index contributed by atoms with van der Waals surface area (Å²) in [6.07, 6.45) is 0.806. The molecule has 0 fully saturated rings. The molecule has 0 unspecified atom stereocenters. The van der Waals surface area contributed by atoms with Gasteiger partial charge in [-0.3, -0.25) is 14.4 Å². The number of nitrogens with one attached hydrogen (secondary N) is 1. The van der Waals surface area contributed by atoms with Crippen molar-refractivity contribution in [1.29, 1.82) is 0 Å². The van der Waals surface area contributed by atoms with E-state index >= 15 is 0 Å². The maximum absolute atomic E-state index is 10.9. The Labute approximate surface area is 149 Å². The van der Waals surface area contributed by atoms with Gasteiger partial charge in [0.2, 0.25) is 17.7 Å². The molecule has 0 aromatic rings. The minimum Gasteiger partial charge on any atom is -0.370 e. The second-order valence-electron chi connectivity index (χ2n) is 5.87. The van der Waals surface area contributed by atoms with E-state index in [1.165, 1.54) is 0 Å². The van der Waals surface area contributed by atoms with E-state index in [1.807, 2.05) is 4.90 Å². The smallest absolute Gasteiger partial charge is 0.218 e. The topological polar surface area (TPSA) is 174 Å². The van der Waals surface area contributed by atoms with Gasteiger partial charge in [0.25, 0.3) is 0 Å². The van der Waals surface area contributed by atoms with Gasteiger partial charge in [-0.1, -0.05) is 0 Å². The second-order valence-corrected chi connectivity index (χ2v) is 5.87. The van der Waals surface area contributed by atoms with Crippen LogP contribution in [0.5, 0.6) is 0 Å². The van der Waals surface area contributed by atoms with Gasteiger partial charge in [0, 0.05) is 78.2 Å². The SMILES string of the molecule is NCCN(CCNCCN(CCC(N)=O)CCC(N)=O)CCC(N)=O. The molecule has 0 saturated carbocycles. The minimum absolute atomic E-state index is 0.246. The van der Waals surface area contributed by atoms with Crippen LogP contribution < -0.4 is 28.3 Å². The van der Waals surface area contributed by atoms with Crippen molar-refractivity contribution in [3.05, 3.63) is 0 Å². The lowest BCUT2D eigenvalue weighted by molar-refractivity contribution is -0.119. The van der Waals surface area contributed by atoms with Gasteiger partial charge in [0.05, 0.1) is 0 Å². The summed E-state index contributed by atoms with van der Waals surface area (Å²) in [6.45, 7) is 5.70. The van der Waals surface area contributed by atoms with E-state index in [1.54, 1.807) is 0 Å². The summed E-state index contributed by atoms with van der Waals surface area (Å²) in [4.78, 5) is 36.7. The number of carbonyl (C=O) groups is 3. The molecule has 0 aliphatic rings. The summed E-state index contributed by atoms with van der Waals surface area (Å²) in [7, 11) is 0. The Morgan fingerprint density at radius 3 is 1.32 bits per heavy atom. The lowest BCUT2D eigenvalue weighted by Crippen LogP contribution is -2.40. The lowest BCUT2D eigenvalue weighted by atomic mass is 10.3. The molecule has 0 atom stereocenters. The maximum atomic E-state index is 10.9. The Bertz CT molecular complexity index is 389. The fourth-order valence-electron chi connectivity index (χ4n) is 2.26. The Morgan fingerprint density at radius 2 is 1.00 bits per heavy atom. The van der Waals surface area contributed by atoms with Crippen LogP contribution in [0.3, 0.4) is 0 Å². The van der Waals surface area contributed by atoms with E-state index in [0.29, 0.717) is 52.2 Å². The van der Waals surface area contributed by atoms with E-state index in [0.717, 1.165) is 13.1 Å². The van der Waals surface area contributed by atoms with Crippen molar-refractivity contribution >= 4 is 17.7 Å². The minimum atomic E-state index is -0.371. The van der Waals surface area contributed by atoms with Gasteiger partial charge in [-0.05, 0) is 0 Å². The number of primary amides is 3. The summed E-state index contributed by atoms with van der Waals surface area (Å²) in [5.74, 6) is -1.07. The van der Waals surface area contributed by atoms with Crippen molar-refractivity contribution in [2.45, 2.75) is 19.3 Å². The van der Waals surface area contributed by atoms with Crippen molar-refractivity contribution in [1.82, 2.24) is 15.1 Å². The normalized spacial score (nSPS) is 11.2. The summed E-state index contributed by atoms with van der Waals surface area (Å²) in [6, 6.07) is 0. The number of rotatable bonds is 17. The van der Waals surface area contributed by atoms with Crippen LogP contribution in [0.2, 0.25) is 0 Å². The maximum Gasteiger partial charge on any atom is 0.218 e. The fourth-order valence-corrected chi connectivity index (χ4v) is 2.26. The van der Waals surface area contributed by atoms with Crippen LogP contribution in [0.1, 0.15) is 19.3 Å². The van der Waals surface area contributed by atoms with Crippen LogP contribution in [0, 0.1) is 0 Å². The van der Waals surface area contributed by atoms with E-state index in [4.69, 9.17) is 22.9 Å². The van der Waals surface area contributed by atoms with Crippen molar-refractivity contribution in [3.8, 4) is 0 Å². The summed E-state index contributed by atoms with van der Waals surface area (Å²) >= 11 is 0. The van der Waals surface area contributed by atoms with Gasteiger partial charge < -0.3 is 38.1 Å². The molecule has 25 heavy (non-hydrogen) atoms. The molecule has 10 nitrogen and oxygen atoms in total. The molecular formula is C15H33N7O3. The first-order valence-electron chi connectivity index (χ1n) is 8.55. The first-order chi connectivity index (χ1) is 11.8. The largest absolute Gasteiger partial charge is 0.370 e. The van der Waals surface area contributed by atoms with E-state index in [9.17, 15) is 14.4 Å². The van der Waals surface area contributed by atoms with Crippen LogP contribution in [0.15, 0.2) is 0 Å². The zero-order valence-corrected chi connectivity index (χ0v) is 14.9. The van der Waals surface area contributed by atoms with E-state index in [-0.39, 0.29) is 30.6 Å². The molecular weight excluding hydrogens is 326 g/mol. The first-order valence-corrected chi connectivity index (χ1v) is 8.55. The molecule has 146 valence electrons. The molecule has 0 radical (unpaired) electrons. The molecule has 0 saturated heterocycles. The quantitative estimate of drug-likeness (QED) is 0.170. The number of hydrogen-bond donors (Lipinski definition) is 5. The molecule has 0 aromatic carbocycles. The van der Waals surface area contributed by atoms with Gasteiger partial charge in [0.1, 0.15) is 0 Å². The average molecular weight is 359 g/mol. The van der Waals surface area contributed by atoms with Gasteiger partial charge in [-0.15, -0.1) is 0 Å². The van der Waals surface area contributed by atoms with Crippen LogP contribution in [-0.4, -0.2) is 86.4 Å². The third-order valence-corrected chi connectivity index (χ3v) is 3.68. The zero-order chi connectivity index (χ0) is 19.1. The van der Waals surface area contributed by atoms with Gasteiger partial charge in [-0.2, -0.15) is 0 Å². The monoisotopic (exact) mass is 359 g/mol.